The molecule has 0 aromatic heterocycles. The maximum absolute atomic E-state index is 11.9. The quantitative estimate of drug-likeness (QED) is 0.838. The number of nitrogens with one attached hydrogen (secondary N) is 2. The van der Waals surface area contributed by atoms with E-state index in [0.717, 1.165) is 12.2 Å². The molecule has 1 aromatic rings. The van der Waals surface area contributed by atoms with Gasteiger partial charge in [-0.1, -0.05) is 25.0 Å². The van der Waals surface area contributed by atoms with Gasteiger partial charge in [-0.15, -0.1) is 0 Å². The molecule has 1 aromatic carbocycles. The molecule has 1 fully saturated rings. The fraction of sp³-hybridized carbons (Fsp3) is 0.533. The Morgan fingerprint density at radius 1 is 1.33 bits per heavy atom. The summed E-state index contributed by atoms with van der Waals surface area (Å²) in [6, 6.07) is 8.02. The molecular weight excluding hydrogens is 224 g/mol. The monoisotopic (exact) mass is 246 g/mol. The fourth-order valence-electron chi connectivity index (χ4n) is 2.65. The van der Waals surface area contributed by atoms with Gasteiger partial charge in [0.1, 0.15) is 0 Å². The minimum absolute atomic E-state index is 0.156. The van der Waals surface area contributed by atoms with Gasteiger partial charge in [0.15, 0.2) is 0 Å². The van der Waals surface area contributed by atoms with Crippen LogP contribution in [0.1, 0.15) is 37.7 Å². The summed E-state index contributed by atoms with van der Waals surface area (Å²) < 4.78 is 0. The van der Waals surface area contributed by atoms with Gasteiger partial charge in [-0.05, 0) is 43.5 Å². The lowest BCUT2D eigenvalue weighted by molar-refractivity contribution is -0.117. The third-order valence-corrected chi connectivity index (χ3v) is 3.54. The lowest BCUT2D eigenvalue weighted by atomic mass is 10.0. The Hall–Kier alpha value is -1.35. The van der Waals surface area contributed by atoms with E-state index in [1.807, 2.05) is 25.2 Å². The Morgan fingerprint density at radius 2 is 2.11 bits per heavy atom. The first kappa shape index (κ1) is 13.1. The van der Waals surface area contributed by atoms with Gasteiger partial charge in [0.25, 0.3) is 0 Å². The standard InChI is InChI=1S/C15H22N2O/c1-16-11-13-7-4-8-14(9-13)17-15(18)10-12-5-2-3-6-12/h4,7-9,12,16H,2-3,5-6,10-11H2,1H3,(H,17,18). The first-order chi connectivity index (χ1) is 8.78. The summed E-state index contributed by atoms with van der Waals surface area (Å²) in [6.45, 7) is 0.826. The van der Waals surface area contributed by atoms with E-state index in [4.69, 9.17) is 0 Å². The largest absolute Gasteiger partial charge is 0.326 e. The van der Waals surface area contributed by atoms with Gasteiger partial charge in [-0.25, -0.2) is 0 Å². The molecule has 2 N–H and O–H groups in total. The third kappa shape index (κ3) is 3.84. The van der Waals surface area contributed by atoms with Crippen LogP contribution < -0.4 is 10.6 Å². The zero-order valence-electron chi connectivity index (χ0n) is 11.0. The number of carbonyl (C=O) groups is 1. The van der Waals surface area contributed by atoms with Crippen LogP contribution in [-0.4, -0.2) is 13.0 Å². The van der Waals surface area contributed by atoms with Gasteiger partial charge in [0.2, 0.25) is 5.91 Å². The second kappa shape index (κ2) is 6.55. The topological polar surface area (TPSA) is 41.1 Å². The highest BCUT2D eigenvalue weighted by Crippen LogP contribution is 2.27. The number of carbonyl (C=O) groups excluding carboxylic acids is 1. The smallest absolute Gasteiger partial charge is 0.224 e. The van der Waals surface area contributed by atoms with E-state index in [9.17, 15) is 4.79 Å². The van der Waals surface area contributed by atoms with Crippen molar-refractivity contribution in [2.75, 3.05) is 12.4 Å². The Kier molecular flexibility index (Phi) is 4.76. The van der Waals surface area contributed by atoms with Gasteiger partial charge < -0.3 is 10.6 Å². The first-order valence-electron chi connectivity index (χ1n) is 6.81. The second-order valence-corrected chi connectivity index (χ2v) is 5.13. The number of hydrogen-bond donors (Lipinski definition) is 2. The number of benzene rings is 1. The van der Waals surface area contributed by atoms with Gasteiger partial charge >= 0.3 is 0 Å². The summed E-state index contributed by atoms with van der Waals surface area (Å²) in [4.78, 5) is 11.9. The number of hydrogen-bond acceptors (Lipinski definition) is 2. The molecule has 0 radical (unpaired) electrons. The lowest BCUT2D eigenvalue weighted by Gasteiger charge is -2.10. The molecule has 0 atom stereocenters. The molecule has 2 rings (SSSR count). The molecule has 1 saturated carbocycles. The Balaban J connectivity index is 1.87. The molecule has 3 nitrogen and oxygen atoms in total. The van der Waals surface area contributed by atoms with Crippen molar-refractivity contribution in [3.05, 3.63) is 29.8 Å². The Labute approximate surface area is 109 Å². The van der Waals surface area contributed by atoms with Crippen LogP contribution in [-0.2, 0) is 11.3 Å². The first-order valence-corrected chi connectivity index (χ1v) is 6.81. The van der Waals surface area contributed by atoms with E-state index in [0.29, 0.717) is 12.3 Å². The average molecular weight is 246 g/mol. The molecular formula is C15H22N2O. The van der Waals surface area contributed by atoms with Gasteiger partial charge in [0.05, 0.1) is 0 Å². The maximum atomic E-state index is 11.9. The van der Waals surface area contributed by atoms with Crippen LogP contribution in [0.15, 0.2) is 24.3 Å². The normalized spacial score (nSPS) is 15.8. The van der Waals surface area contributed by atoms with E-state index in [2.05, 4.69) is 16.7 Å². The molecule has 0 unspecified atom stereocenters. The lowest BCUT2D eigenvalue weighted by Crippen LogP contribution is -2.15. The molecule has 1 aliphatic rings. The van der Waals surface area contributed by atoms with Crippen molar-refractivity contribution in [2.24, 2.45) is 5.92 Å². The fourth-order valence-corrected chi connectivity index (χ4v) is 2.65. The van der Waals surface area contributed by atoms with Crippen LogP contribution in [0.2, 0.25) is 0 Å². The molecule has 98 valence electrons. The predicted octanol–water partition coefficient (Wildman–Crippen LogP) is 2.92. The summed E-state index contributed by atoms with van der Waals surface area (Å²) in [5.41, 5.74) is 2.10. The summed E-state index contributed by atoms with van der Waals surface area (Å²) in [6.07, 6.45) is 5.68. The molecule has 0 saturated heterocycles. The van der Waals surface area contributed by atoms with Crippen LogP contribution in [0.4, 0.5) is 5.69 Å². The van der Waals surface area contributed by atoms with Crippen molar-refractivity contribution in [3.8, 4) is 0 Å². The summed E-state index contributed by atoms with van der Waals surface area (Å²) >= 11 is 0. The van der Waals surface area contributed by atoms with Crippen molar-refractivity contribution in [3.63, 3.8) is 0 Å². The van der Waals surface area contributed by atoms with Gasteiger partial charge in [-0.2, -0.15) is 0 Å². The van der Waals surface area contributed by atoms with E-state index in [-0.39, 0.29) is 5.91 Å². The van der Waals surface area contributed by atoms with Crippen molar-refractivity contribution in [1.82, 2.24) is 5.32 Å². The molecule has 0 spiro atoms. The minimum Gasteiger partial charge on any atom is -0.326 e. The number of anilines is 1. The third-order valence-electron chi connectivity index (χ3n) is 3.54. The molecule has 0 aliphatic heterocycles. The second-order valence-electron chi connectivity index (χ2n) is 5.13. The molecule has 0 bridgehead atoms. The zero-order chi connectivity index (χ0) is 12.8. The van der Waals surface area contributed by atoms with Crippen LogP contribution in [0.3, 0.4) is 0 Å². The highest BCUT2D eigenvalue weighted by Gasteiger charge is 2.18. The molecule has 3 heteroatoms. The SMILES string of the molecule is CNCc1cccc(NC(=O)CC2CCCC2)c1. The Bertz CT molecular complexity index is 397. The number of rotatable bonds is 5. The predicted molar refractivity (Wildman–Crippen MR) is 74.4 cm³/mol. The van der Waals surface area contributed by atoms with Crippen LogP contribution in [0.5, 0.6) is 0 Å². The Morgan fingerprint density at radius 3 is 2.83 bits per heavy atom. The van der Waals surface area contributed by atoms with Crippen molar-refractivity contribution in [1.29, 1.82) is 0 Å². The summed E-state index contributed by atoms with van der Waals surface area (Å²) in [5.74, 6) is 0.758. The molecule has 18 heavy (non-hydrogen) atoms. The van der Waals surface area contributed by atoms with E-state index >= 15 is 0 Å². The molecule has 1 aliphatic carbocycles. The van der Waals surface area contributed by atoms with Crippen molar-refractivity contribution < 1.29 is 4.79 Å². The van der Waals surface area contributed by atoms with Crippen LogP contribution in [0.25, 0.3) is 0 Å². The van der Waals surface area contributed by atoms with E-state index < -0.39 is 0 Å². The number of amides is 1. The van der Waals surface area contributed by atoms with Crippen molar-refractivity contribution >= 4 is 11.6 Å². The van der Waals surface area contributed by atoms with Gasteiger partial charge in [-0.3, -0.25) is 4.79 Å². The van der Waals surface area contributed by atoms with E-state index in [1.54, 1.807) is 0 Å². The molecule has 1 amide bonds. The van der Waals surface area contributed by atoms with Crippen molar-refractivity contribution in [2.45, 2.75) is 38.6 Å². The van der Waals surface area contributed by atoms with Gasteiger partial charge in [0, 0.05) is 18.7 Å². The average Bonchev–Trinajstić information content (AvgIpc) is 2.82. The summed E-state index contributed by atoms with van der Waals surface area (Å²) in [5, 5.41) is 6.11. The molecule has 0 heterocycles. The highest BCUT2D eigenvalue weighted by molar-refractivity contribution is 5.90. The van der Waals surface area contributed by atoms with Crippen LogP contribution >= 0.6 is 0 Å². The minimum atomic E-state index is 0.156. The summed E-state index contributed by atoms with van der Waals surface area (Å²) in [7, 11) is 1.92. The van der Waals surface area contributed by atoms with Crippen LogP contribution in [0, 0.1) is 5.92 Å². The highest BCUT2D eigenvalue weighted by atomic mass is 16.1. The van der Waals surface area contributed by atoms with E-state index in [1.165, 1.54) is 31.2 Å². The zero-order valence-corrected chi connectivity index (χ0v) is 11.0. The maximum Gasteiger partial charge on any atom is 0.224 e.